The molecule has 0 saturated carbocycles. The van der Waals surface area contributed by atoms with Gasteiger partial charge in [-0.2, -0.15) is 0 Å². The molecule has 47 heavy (non-hydrogen) atoms. The third kappa shape index (κ3) is 7.57. The van der Waals surface area contributed by atoms with E-state index in [1.807, 2.05) is 49.0 Å². The molecule has 6 heteroatoms. The SMILES string of the molecule is Cc1n[c-]n(Cn2[c-]nc(C)c2C)c1C.[Au].[Au].[C-]#Cc1ccc2c(c1)Cc1ccccc1-2.[C-]#Cc1ccc2c(c1)Cc1ccccc1-2. The summed E-state index contributed by atoms with van der Waals surface area (Å²) >= 11 is 0. The minimum absolute atomic E-state index is 0. The first-order valence-corrected chi connectivity index (χ1v) is 15.0. The number of nitrogens with zero attached hydrogens (tertiary/aromatic N) is 4. The van der Waals surface area contributed by atoms with Gasteiger partial charge in [-0.1, -0.05) is 111 Å². The van der Waals surface area contributed by atoms with E-state index in [0.29, 0.717) is 6.67 Å². The van der Waals surface area contributed by atoms with Gasteiger partial charge >= 0.3 is 0 Å². The van der Waals surface area contributed by atoms with E-state index >= 15 is 0 Å². The van der Waals surface area contributed by atoms with E-state index in [4.69, 9.17) is 12.8 Å². The fourth-order valence-electron chi connectivity index (χ4n) is 5.84. The fraction of sp³-hybridized carbons (Fsp3) is 0.171. The normalized spacial score (nSPS) is 10.9. The predicted molar refractivity (Wildman–Crippen MR) is 178 cm³/mol. The van der Waals surface area contributed by atoms with Crippen molar-refractivity contribution in [3.63, 3.8) is 0 Å². The van der Waals surface area contributed by atoms with Crippen molar-refractivity contribution >= 4 is 0 Å². The van der Waals surface area contributed by atoms with Gasteiger partial charge in [0.15, 0.2) is 0 Å². The molecule has 2 aliphatic rings. The molecule has 0 atom stereocenters. The summed E-state index contributed by atoms with van der Waals surface area (Å²) in [5.74, 6) is 4.87. The average Bonchev–Trinajstić information content (AvgIpc) is 3.81. The van der Waals surface area contributed by atoms with Gasteiger partial charge in [0.05, 0.1) is 6.67 Å². The largest absolute Gasteiger partial charge is 0.437 e. The van der Waals surface area contributed by atoms with Crippen molar-refractivity contribution in [2.45, 2.75) is 47.2 Å². The van der Waals surface area contributed by atoms with E-state index in [9.17, 15) is 0 Å². The predicted octanol–water partition coefficient (Wildman–Crippen LogP) is 7.81. The Bertz CT molecular complexity index is 1970. The first kappa shape index (κ1) is 35.7. The third-order valence-corrected chi connectivity index (χ3v) is 8.69. The van der Waals surface area contributed by atoms with Crippen molar-refractivity contribution < 1.29 is 44.8 Å². The summed E-state index contributed by atoms with van der Waals surface area (Å²) in [4.78, 5) is 8.28. The van der Waals surface area contributed by atoms with Crippen LogP contribution in [0.25, 0.3) is 22.3 Å². The van der Waals surface area contributed by atoms with Crippen molar-refractivity contribution in [3.8, 4) is 34.1 Å². The molecule has 2 aliphatic carbocycles. The molecule has 0 saturated heterocycles. The standard InChI is InChI=1S/2C15H9.C11H14N4.2Au/c2*1-2-11-7-8-15-13(9-11)10-12-5-3-4-6-14(12)15;1-8-10(3)14(5-12-8)7-15-6-13-9(2)11(15)4;;/h2*3-9H,10H2;7H2,1-4H3;;/q2*-1;-2;;. The van der Waals surface area contributed by atoms with Crippen molar-refractivity contribution in [1.29, 1.82) is 0 Å². The third-order valence-electron chi connectivity index (χ3n) is 8.69. The maximum absolute atomic E-state index is 7.12. The summed E-state index contributed by atoms with van der Waals surface area (Å²) in [6, 6.07) is 29.2. The minimum Gasteiger partial charge on any atom is -0.437 e. The maximum Gasteiger partial charge on any atom is 0.0558 e. The molecule has 0 fully saturated rings. The van der Waals surface area contributed by atoms with Crippen LogP contribution in [-0.4, -0.2) is 19.1 Å². The Morgan fingerprint density at radius 2 is 0.957 bits per heavy atom. The van der Waals surface area contributed by atoms with Gasteiger partial charge in [-0.25, -0.2) is 0 Å². The summed E-state index contributed by atoms with van der Waals surface area (Å²) in [6.45, 7) is 8.73. The molecule has 4 nitrogen and oxygen atoms in total. The Hall–Kier alpha value is -4.10. The molecule has 4 aromatic carbocycles. The Balaban J connectivity index is 0.000000156. The van der Waals surface area contributed by atoms with Crippen molar-refractivity contribution in [3.05, 3.63) is 167 Å². The van der Waals surface area contributed by atoms with Gasteiger partial charge in [0.2, 0.25) is 0 Å². The summed E-state index contributed by atoms with van der Waals surface area (Å²) in [5.41, 5.74) is 16.7. The second kappa shape index (κ2) is 15.7. The Kier molecular flexibility index (Phi) is 11.9. The molecular formula is C41H32Au2N4-4. The fourth-order valence-corrected chi connectivity index (χ4v) is 5.84. The van der Waals surface area contributed by atoms with Gasteiger partial charge < -0.3 is 31.9 Å². The van der Waals surface area contributed by atoms with E-state index in [1.165, 1.54) is 44.5 Å². The number of hydrogen-bond donors (Lipinski definition) is 0. The van der Waals surface area contributed by atoms with E-state index in [-0.39, 0.29) is 44.8 Å². The number of benzene rings is 4. The molecule has 2 radical (unpaired) electrons. The van der Waals surface area contributed by atoms with Gasteiger partial charge in [0.1, 0.15) is 0 Å². The molecule has 0 bridgehead atoms. The van der Waals surface area contributed by atoms with Crippen LogP contribution in [0.5, 0.6) is 0 Å². The topological polar surface area (TPSA) is 35.6 Å². The monoisotopic (exact) mass is 974 g/mol. The zero-order valence-electron chi connectivity index (χ0n) is 26.6. The number of imidazole rings is 2. The second-order valence-corrected chi connectivity index (χ2v) is 11.4. The van der Waals surface area contributed by atoms with Crippen molar-refractivity contribution in [1.82, 2.24) is 19.1 Å². The van der Waals surface area contributed by atoms with Crippen LogP contribution in [-0.2, 0) is 64.3 Å². The Morgan fingerprint density at radius 3 is 1.32 bits per heavy atom. The van der Waals surface area contributed by atoms with Crippen LogP contribution >= 0.6 is 0 Å². The number of hydrogen-bond acceptors (Lipinski definition) is 2. The van der Waals surface area contributed by atoms with E-state index in [0.717, 1.165) is 46.7 Å². The van der Waals surface area contributed by atoms with Gasteiger partial charge in [0.25, 0.3) is 0 Å². The van der Waals surface area contributed by atoms with Crippen LogP contribution in [0.1, 0.15) is 56.2 Å². The van der Waals surface area contributed by atoms with Crippen LogP contribution in [0.4, 0.5) is 0 Å². The number of rotatable bonds is 2. The molecule has 2 heterocycles. The van der Waals surface area contributed by atoms with Crippen molar-refractivity contribution in [2.75, 3.05) is 0 Å². The molecule has 242 valence electrons. The molecule has 0 N–H and O–H groups in total. The summed E-state index contributed by atoms with van der Waals surface area (Å²) in [5, 5.41) is 0. The van der Waals surface area contributed by atoms with Crippen LogP contribution in [0.3, 0.4) is 0 Å². The van der Waals surface area contributed by atoms with Gasteiger partial charge in [-0.15, -0.1) is 46.8 Å². The summed E-state index contributed by atoms with van der Waals surface area (Å²) in [6.07, 6.45) is 22.1. The zero-order valence-corrected chi connectivity index (χ0v) is 30.9. The van der Waals surface area contributed by atoms with Gasteiger partial charge in [0, 0.05) is 57.4 Å². The minimum atomic E-state index is 0. The zero-order chi connectivity index (χ0) is 31.5. The molecule has 0 amide bonds. The van der Waals surface area contributed by atoms with Crippen LogP contribution in [0.2, 0.25) is 0 Å². The molecule has 2 aromatic heterocycles. The maximum atomic E-state index is 7.12. The van der Waals surface area contributed by atoms with Crippen LogP contribution in [0, 0.1) is 65.0 Å². The van der Waals surface area contributed by atoms with Crippen LogP contribution < -0.4 is 0 Å². The van der Waals surface area contributed by atoms with Crippen LogP contribution in [0.15, 0.2) is 84.9 Å². The van der Waals surface area contributed by atoms with E-state index in [2.05, 4.69) is 107 Å². The first-order valence-electron chi connectivity index (χ1n) is 15.0. The van der Waals surface area contributed by atoms with Gasteiger partial charge in [-0.3, -0.25) is 11.8 Å². The number of fused-ring (bicyclic) bond motifs is 6. The summed E-state index contributed by atoms with van der Waals surface area (Å²) in [7, 11) is 0. The first-order chi connectivity index (χ1) is 21.9. The number of aromatic nitrogens is 4. The van der Waals surface area contributed by atoms with E-state index < -0.39 is 0 Å². The summed E-state index contributed by atoms with van der Waals surface area (Å²) < 4.78 is 3.94. The molecule has 0 spiro atoms. The molecule has 0 unspecified atom stereocenters. The Morgan fingerprint density at radius 1 is 0.574 bits per heavy atom. The van der Waals surface area contributed by atoms with Gasteiger partial charge in [-0.05, 0) is 46.2 Å². The molecular weight excluding hydrogens is 942 g/mol. The average molecular weight is 975 g/mol. The molecule has 8 rings (SSSR count). The second-order valence-electron chi connectivity index (χ2n) is 11.4. The smallest absolute Gasteiger partial charge is 0.0558 e. The molecule has 0 aliphatic heterocycles. The molecule has 6 aromatic rings. The van der Waals surface area contributed by atoms with Crippen molar-refractivity contribution in [2.24, 2.45) is 0 Å². The van der Waals surface area contributed by atoms with E-state index in [1.54, 1.807) is 0 Å². The quantitative estimate of drug-likeness (QED) is 0.101. The Labute approximate surface area is 309 Å². The number of aryl methyl sites for hydroxylation is 2.